The molecule has 0 spiro atoms. The first-order chi connectivity index (χ1) is 23.3. The Bertz CT molecular complexity index is 2930. The van der Waals surface area contributed by atoms with Gasteiger partial charge < -0.3 is 9.13 Å². The molecule has 0 radical (unpaired) electrons. The zero-order valence-electron chi connectivity index (χ0n) is 25.1. The third-order valence-corrected chi connectivity index (χ3v) is 9.99. The van der Waals surface area contributed by atoms with E-state index >= 15 is 0 Å². The minimum absolute atomic E-state index is 0.0562. The molecule has 0 saturated heterocycles. The molecule has 11 rings (SSSR count). The monoisotopic (exact) mass is 600 g/mol. The number of hydrogen-bond acceptors (Lipinski definition) is 2. The topological polar surface area (TPSA) is 44.2 Å². The van der Waals surface area contributed by atoms with Crippen molar-refractivity contribution in [3.63, 3.8) is 0 Å². The fraction of sp³-hybridized carbons (Fsp3) is 0. The van der Waals surface area contributed by atoms with Crippen molar-refractivity contribution in [1.82, 2.24) is 18.5 Å². The van der Waals surface area contributed by atoms with Crippen LogP contribution in [0.3, 0.4) is 0 Å². The molecule has 5 nitrogen and oxygen atoms in total. The molecule has 5 heteroatoms. The summed E-state index contributed by atoms with van der Waals surface area (Å²) in [6.45, 7) is 0. The molecule has 0 atom stereocenters. The van der Waals surface area contributed by atoms with Gasteiger partial charge >= 0.3 is 0 Å². The summed E-state index contributed by atoms with van der Waals surface area (Å²) in [5.74, 6) is 0. The maximum atomic E-state index is 14.5. The summed E-state index contributed by atoms with van der Waals surface area (Å²) in [4.78, 5) is 19.6. The number of hydrogen-bond donors (Lipinski definition) is 0. The first-order valence-electron chi connectivity index (χ1n) is 15.9. The molecule has 0 bridgehead atoms. The van der Waals surface area contributed by atoms with Gasteiger partial charge in [-0.25, -0.2) is 4.98 Å². The summed E-state index contributed by atoms with van der Waals surface area (Å²) in [5, 5.41) is 8.36. The molecule has 4 aromatic heterocycles. The fourth-order valence-electron chi connectivity index (χ4n) is 8.09. The number of fused-ring (bicyclic) bond motifs is 10. The maximum absolute atomic E-state index is 14.5. The summed E-state index contributed by atoms with van der Waals surface area (Å²) in [5.41, 5.74) is 8.80. The molecule has 0 fully saturated rings. The van der Waals surface area contributed by atoms with Gasteiger partial charge in [-0.3, -0.25) is 9.20 Å². The predicted octanol–water partition coefficient (Wildman–Crippen LogP) is 9.79. The molecule has 47 heavy (non-hydrogen) atoms. The van der Waals surface area contributed by atoms with E-state index in [1.807, 2.05) is 30.3 Å². The summed E-state index contributed by atoms with van der Waals surface area (Å²) in [7, 11) is 0. The zero-order valence-corrected chi connectivity index (χ0v) is 25.1. The lowest BCUT2D eigenvalue weighted by atomic mass is 9.98. The van der Waals surface area contributed by atoms with E-state index in [-0.39, 0.29) is 5.56 Å². The molecule has 4 heterocycles. The average molecular weight is 601 g/mol. The second-order valence-electron chi connectivity index (χ2n) is 12.3. The lowest BCUT2D eigenvalue weighted by Crippen LogP contribution is -2.14. The van der Waals surface area contributed by atoms with E-state index in [9.17, 15) is 4.79 Å². The van der Waals surface area contributed by atoms with Crippen LogP contribution in [0.2, 0.25) is 0 Å². The van der Waals surface area contributed by atoms with Gasteiger partial charge in [-0.1, -0.05) is 84.9 Å². The first kappa shape index (κ1) is 24.8. The molecule has 0 amide bonds. The van der Waals surface area contributed by atoms with Crippen LogP contribution in [0, 0.1) is 0 Å². The van der Waals surface area contributed by atoms with Crippen LogP contribution in [-0.4, -0.2) is 18.5 Å². The molecule has 0 aliphatic carbocycles. The average Bonchev–Trinajstić information content (AvgIpc) is 3.79. The van der Waals surface area contributed by atoms with Crippen LogP contribution in [0.15, 0.2) is 150 Å². The highest BCUT2D eigenvalue weighted by Crippen LogP contribution is 2.42. The Morgan fingerprint density at radius 1 is 0.383 bits per heavy atom. The molecule has 0 N–H and O–H groups in total. The van der Waals surface area contributed by atoms with Gasteiger partial charge in [-0.05, 0) is 60.7 Å². The third kappa shape index (κ3) is 3.08. The van der Waals surface area contributed by atoms with Crippen molar-refractivity contribution in [2.24, 2.45) is 0 Å². The number of nitrogens with zero attached hydrogens (tertiary/aromatic N) is 4. The highest BCUT2D eigenvalue weighted by atomic mass is 16.1. The number of aromatic nitrogens is 4. The van der Waals surface area contributed by atoms with Crippen molar-refractivity contribution < 1.29 is 0 Å². The molecule has 11 aromatic rings. The third-order valence-electron chi connectivity index (χ3n) is 9.99. The normalized spacial score (nSPS) is 12.3. The van der Waals surface area contributed by atoms with Crippen molar-refractivity contribution in [3.8, 4) is 11.4 Å². The number of benzene rings is 7. The minimum Gasteiger partial charge on any atom is -0.309 e. The summed E-state index contributed by atoms with van der Waals surface area (Å²) in [6, 6.07) is 50.8. The van der Waals surface area contributed by atoms with Crippen molar-refractivity contribution in [1.29, 1.82) is 0 Å². The fourth-order valence-corrected chi connectivity index (χ4v) is 8.09. The van der Waals surface area contributed by atoms with Gasteiger partial charge in [0.25, 0.3) is 5.56 Å². The van der Waals surface area contributed by atoms with E-state index in [4.69, 9.17) is 4.98 Å². The summed E-state index contributed by atoms with van der Waals surface area (Å²) >= 11 is 0. The van der Waals surface area contributed by atoms with Crippen LogP contribution < -0.4 is 5.56 Å². The molecule has 0 aliphatic heterocycles. The van der Waals surface area contributed by atoms with Crippen molar-refractivity contribution in [2.45, 2.75) is 0 Å². The van der Waals surface area contributed by atoms with E-state index in [0.717, 1.165) is 60.6 Å². The lowest BCUT2D eigenvalue weighted by Gasteiger charge is -2.19. The van der Waals surface area contributed by atoms with Crippen LogP contribution in [0.4, 0.5) is 0 Å². The molecule has 0 unspecified atom stereocenters. The zero-order chi connectivity index (χ0) is 30.8. The number of para-hydroxylation sites is 6. The molecule has 0 aliphatic rings. The molecule has 0 saturated carbocycles. The second kappa shape index (κ2) is 8.83. The smallest absolute Gasteiger partial charge is 0.264 e. The minimum atomic E-state index is -0.0562. The number of pyridine rings is 1. The molecule has 218 valence electrons. The number of imidazole rings is 1. The Morgan fingerprint density at radius 2 is 0.809 bits per heavy atom. The van der Waals surface area contributed by atoms with Gasteiger partial charge in [0.15, 0.2) is 0 Å². The highest BCUT2D eigenvalue weighted by Gasteiger charge is 2.24. The molecular weight excluding hydrogens is 576 g/mol. The second-order valence-corrected chi connectivity index (χ2v) is 12.3. The number of rotatable bonds is 2. The Kier molecular flexibility index (Phi) is 4.66. The van der Waals surface area contributed by atoms with Gasteiger partial charge in [0.05, 0.1) is 44.5 Å². The molecule has 7 aromatic carbocycles. The van der Waals surface area contributed by atoms with Crippen LogP contribution in [0.1, 0.15) is 0 Å². The SMILES string of the molecule is O=c1c2ccc(-n3c4ccccc4c4ccccc43)c3c(-n4c5ccccc5c5ccccc54)ccc(c32)c2nc3ccccc3n12. The first-order valence-corrected chi connectivity index (χ1v) is 15.9. The van der Waals surface area contributed by atoms with E-state index in [1.165, 1.54) is 21.5 Å². The molecular formula is C42H24N4O. The summed E-state index contributed by atoms with van der Waals surface area (Å²) in [6.07, 6.45) is 0. The summed E-state index contributed by atoms with van der Waals surface area (Å²) < 4.78 is 6.52. The Balaban J connectivity index is 1.42. The van der Waals surface area contributed by atoms with Gasteiger partial charge in [0, 0.05) is 43.1 Å². The van der Waals surface area contributed by atoms with Crippen LogP contribution >= 0.6 is 0 Å². The quantitative estimate of drug-likeness (QED) is 0.198. The largest absolute Gasteiger partial charge is 0.309 e. The van der Waals surface area contributed by atoms with E-state index in [0.29, 0.717) is 11.0 Å². The Morgan fingerprint density at radius 3 is 1.32 bits per heavy atom. The predicted molar refractivity (Wildman–Crippen MR) is 194 cm³/mol. The highest BCUT2D eigenvalue weighted by molar-refractivity contribution is 6.22. The van der Waals surface area contributed by atoms with Crippen molar-refractivity contribution in [3.05, 3.63) is 156 Å². The van der Waals surface area contributed by atoms with Crippen LogP contribution in [0.5, 0.6) is 0 Å². The van der Waals surface area contributed by atoms with Gasteiger partial charge in [-0.2, -0.15) is 0 Å². The van der Waals surface area contributed by atoms with Crippen LogP contribution in [0.25, 0.3) is 93.2 Å². The Labute approximate surface area is 267 Å². The van der Waals surface area contributed by atoms with Crippen LogP contribution in [-0.2, 0) is 0 Å². The maximum Gasteiger partial charge on any atom is 0.264 e. The Hall–Kier alpha value is -6.46. The van der Waals surface area contributed by atoms with Gasteiger partial charge in [0.2, 0.25) is 0 Å². The van der Waals surface area contributed by atoms with Crippen molar-refractivity contribution >= 4 is 81.8 Å². The lowest BCUT2D eigenvalue weighted by molar-refractivity contribution is 1.16. The standard InChI is InChI=1S/C42H24N4O/c47-42-30-22-24-38(45-34-18-8-3-13-27(34)28-14-4-9-19-35(28)45)40-37(44-32-16-6-1-11-25(32)26-12-2-7-17-33(26)44)23-21-29(39(30)40)41-43-31-15-5-10-20-36(31)46(41)42/h1-24H. The van der Waals surface area contributed by atoms with E-state index in [1.54, 1.807) is 4.40 Å². The van der Waals surface area contributed by atoms with Gasteiger partial charge in [0.1, 0.15) is 5.65 Å². The van der Waals surface area contributed by atoms with Gasteiger partial charge in [-0.15, -0.1) is 0 Å². The van der Waals surface area contributed by atoms with Crippen molar-refractivity contribution in [2.75, 3.05) is 0 Å². The van der Waals surface area contributed by atoms with E-state index in [2.05, 4.69) is 124 Å². The van der Waals surface area contributed by atoms with E-state index < -0.39 is 0 Å².